The number of ether oxygens (including phenoxy) is 1. The molecule has 0 aliphatic carbocycles. The normalized spacial score (nSPS) is 9.89. The van der Waals surface area contributed by atoms with Crippen molar-refractivity contribution in [1.29, 1.82) is 5.26 Å². The second-order valence-corrected chi connectivity index (χ2v) is 5.77. The van der Waals surface area contributed by atoms with E-state index in [0.29, 0.717) is 11.6 Å². The summed E-state index contributed by atoms with van der Waals surface area (Å²) in [6.45, 7) is 0. The first-order chi connectivity index (χ1) is 9.33. The first-order valence-electron chi connectivity index (χ1n) is 5.57. The van der Waals surface area contributed by atoms with E-state index >= 15 is 0 Å². The number of para-hydroxylation sites is 2. The fourth-order valence-corrected chi connectivity index (χ4v) is 3.04. The molecule has 2 aromatic rings. The van der Waals surface area contributed by atoms with Crippen molar-refractivity contribution in [2.45, 2.75) is 10.8 Å². The van der Waals surface area contributed by atoms with E-state index in [-0.39, 0.29) is 0 Å². The van der Waals surface area contributed by atoms with Crippen LogP contribution in [-0.4, -0.2) is 23.1 Å². The van der Waals surface area contributed by atoms with E-state index in [2.05, 4.69) is 21.6 Å². The van der Waals surface area contributed by atoms with Crippen molar-refractivity contribution in [3.8, 4) is 11.8 Å². The van der Waals surface area contributed by atoms with Crippen molar-refractivity contribution in [2.75, 3.05) is 18.2 Å². The van der Waals surface area contributed by atoms with Crippen LogP contribution >= 0.6 is 23.1 Å². The molecule has 0 spiro atoms. The molecular weight excluding hydrogens is 280 g/mol. The van der Waals surface area contributed by atoms with Gasteiger partial charge in [-0.25, -0.2) is 0 Å². The van der Waals surface area contributed by atoms with Crippen molar-refractivity contribution in [3.05, 3.63) is 24.3 Å². The van der Waals surface area contributed by atoms with Gasteiger partial charge in [-0.3, -0.25) is 0 Å². The SMILES string of the molecule is COc1ccccc1Nc1nnc(SCCC#N)s1. The molecule has 19 heavy (non-hydrogen) atoms. The number of aromatic nitrogens is 2. The number of benzene rings is 1. The Bertz CT molecular complexity index is 579. The van der Waals surface area contributed by atoms with E-state index in [4.69, 9.17) is 10.00 Å². The van der Waals surface area contributed by atoms with Gasteiger partial charge >= 0.3 is 0 Å². The lowest BCUT2D eigenvalue weighted by Crippen LogP contribution is -1.93. The smallest absolute Gasteiger partial charge is 0.210 e. The summed E-state index contributed by atoms with van der Waals surface area (Å²) >= 11 is 3.00. The van der Waals surface area contributed by atoms with Crippen LogP contribution in [0.15, 0.2) is 28.6 Å². The Kier molecular flexibility index (Phi) is 5.01. The monoisotopic (exact) mass is 292 g/mol. The standard InChI is InChI=1S/C12H12N4OS2/c1-17-10-6-3-2-5-9(10)14-11-15-16-12(19-11)18-8-4-7-13/h2-3,5-6H,4,8H2,1H3,(H,14,15). The van der Waals surface area contributed by atoms with Gasteiger partial charge in [-0.1, -0.05) is 35.2 Å². The van der Waals surface area contributed by atoms with E-state index in [0.717, 1.165) is 21.5 Å². The minimum absolute atomic E-state index is 0.513. The quantitative estimate of drug-likeness (QED) is 0.650. The number of nitrogens with zero attached hydrogens (tertiary/aromatic N) is 3. The first kappa shape index (κ1) is 13.6. The van der Waals surface area contributed by atoms with Crippen molar-refractivity contribution in [2.24, 2.45) is 0 Å². The minimum atomic E-state index is 0.513. The van der Waals surface area contributed by atoms with Crippen molar-refractivity contribution >= 4 is 33.9 Å². The third-order valence-electron chi connectivity index (χ3n) is 2.19. The van der Waals surface area contributed by atoms with Crippen LogP contribution in [0.2, 0.25) is 0 Å². The number of thioether (sulfide) groups is 1. The number of hydrogen-bond acceptors (Lipinski definition) is 7. The van der Waals surface area contributed by atoms with E-state index in [1.54, 1.807) is 7.11 Å². The second kappa shape index (κ2) is 6.97. The van der Waals surface area contributed by atoms with Gasteiger partial charge in [0.25, 0.3) is 0 Å². The third-order valence-corrected chi connectivity index (χ3v) is 4.17. The Morgan fingerprint density at radius 3 is 3.05 bits per heavy atom. The van der Waals surface area contributed by atoms with Crippen LogP contribution in [0.1, 0.15) is 6.42 Å². The number of nitrogens with one attached hydrogen (secondary N) is 1. The zero-order chi connectivity index (χ0) is 13.5. The highest BCUT2D eigenvalue weighted by molar-refractivity contribution is 8.01. The highest BCUT2D eigenvalue weighted by atomic mass is 32.2. The molecule has 0 fully saturated rings. The Morgan fingerprint density at radius 1 is 1.42 bits per heavy atom. The van der Waals surface area contributed by atoms with Gasteiger partial charge in [-0.05, 0) is 12.1 Å². The van der Waals surface area contributed by atoms with Gasteiger partial charge in [0.1, 0.15) is 5.75 Å². The summed E-state index contributed by atoms with van der Waals surface area (Å²) in [5.74, 6) is 1.50. The molecule has 7 heteroatoms. The maximum Gasteiger partial charge on any atom is 0.210 e. The Balaban J connectivity index is 2.01. The number of hydrogen-bond donors (Lipinski definition) is 1. The van der Waals surface area contributed by atoms with Crippen molar-refractivity contribution in [3.63, 3.8) is 0 Å². The maximum absolute atomic E-state index is 8.48. The number of nitriles is 1. The Hall–Kier alpha value is -1.78. The molecular formula is C12H12N4OS2. The maximum atomic E-state index is 8.48. The predicted molar refractivity (Wildman–Crippen MR) is 77.1 cm³/mol. The first-order valence-corrected chi connectivity index (χ1v) is 7.37. The summed E-state index contributed by atoms with van der Waals surface area (Å²) < 4.78 is 6.11. The van der Waals surface area contributed by atoms with Gasteiger partial charge in [-0.2, -0.15) is 5.26 Å². The van der Waals surface area contributed by atoms with Crippen LogP contribution in [0, 0.1) is 11.3 Å². The molecule has 1 heterocycles. The average molecular weight is 292 g/mol. The average Bonchev–Trinajstić information content (AvgIpc) is 2.87. The largest absolute Gasteiger partial charge is 0.495 e. The molecule has 0 atom stereocenters. The number of rotatable bonds is 6. The van der Waals surface area contributed by atoms with Gasteiger partial charge in [0, 0.05) is 12.2 Å². The summed E-state index contributed by atoms with van der Waals surface area (Å²) in [6, 6.07) is 9.74. The molecule has 5 nitrogen and oxygen atoms in total. The Labute approximate surface area is 119 Å². The molecule has 2 rings (SSSR count). The topological polar surface area (TPSA) is 70.8 Å². The van der Waals surface area contributed by atoms with Crippen LogP contribution in [-0.2, 0) is 0 Å². The van der Waals surface area contributed by atoms with Gasteiger partial charge in [0.2, 0.25) is 5.13 Å². The molecule has 1 N–H and O–H groups in total. The molecule has 0 aliphatic rings. The number of methoxy groups -OCH3 is 1. The van der Waals surface area contributed by atoms with Gasteiger partial charge < -0.3 is 10.1 Å². The predicted octanol–water partition coefficient (Wildman–Crippen LogP) is 3.30. The molecule has 0 bridgehead atoms. The fraction of sp³-hybridized carbons (Fsp3) is 0.250. The molecule has 0 saturated heterocycles. The van der Waals surface area contributed by atoms with Crippen LogP contribution in [0.3, 0.4) is 0 Å². The summed E-state index contributed by atoms with van der Waals surface area (Å²) in [5, 5.41) is 20.5. The van der Waals surface area contributed by atoms with Gasteiger partial charge in [0.05, 0.1) is 18.9 Å². The summed E-state index contributed by atoms with van der Waals surface area (Å²) in [4.78, 5) is 0. The Morgan fingerprint density at radius 2 is 2.26 bits per heavy atom. The van der Waals surface area contributed by atoms with Crippen LogP contribution in [0.4, 0.5) is 10.8 Å². The van der Waals surface area contributed by atoms with Gasteiger partial charge in [-0.15, -0.1) is 10.2 Å². The van der Waals surface area contributed by atoms with E-state index < -0.39 is 0 Å². The molecule has 0 saturated carbocycles. The summed E-state index contributed by atoms with van der Waals surface area (Å²) in [7, 11) is 1.63. The summed E-state index contributed by atoms with van der Waals surface area (Å²) in [6.07, 6.45) is 0.513. The highest BCUT2D eigenvalue weighted by Gasteiger charge is 2.07. The lowest BCUT2D eigenvalue weighted by Gasteiger charge is -2.07. The molecule has 1 aromatic carbocycles. The lowest BCUT2D eigenvalue weighted by molar-refractivity contribution is 0.417. The summed E-state index contributed by atoms with van der Waals surface area (Å²) in [5.41, 5.74) is 0.856. The zero-order valence-corrected chi connectivity index (χ0v) is 11.9. The van der Waals surface area contributed by atoms with E-state index in [1.807, 2.05) is 24.3 Å². The minimum Gasteiger partial charge on any atom is -0.495 e. The zero-order valence-electron chi connectivity index (χ0n) is 10.3. The van der Waals surface area contributed by atoms with Crippen LogP contribution in [0.25, 0.3) is 0 Å². The fourth-order valence-electron chi connectivity index (χ4n) is 1.37. The van der Waals surface area contributed by atoms with Gasteiger partial charge in [0.15, 0.2) is 4.34 Å². The van der Waals surface area contributed by atoms with Crippen LogP contribution in [0.5, 0.6) is 5.75 Å². The molecule has 0 aliphatic heterocycles. The number of anilines is 2. The lowest BCUT2D eigenvalue weighted by atomic mass is 10.3. The highest BCUT2D eigenvalue weighted by Crippen LogP contribution is 2.31. The van der Waals surface area contributed by atoms with E-state index in [1.165, 1.54) is 23.1 Å². The third kappa shape index (κ3) is 3.84. The molecule has 0 amide bonds. The molecule has 98 valence electrons. The van der Waals surface area contributed by atoms with E-state index in [9.17, 15) is 0 Å². The molecule has 1 aromatic heterocycles. The second-order valence-electron chi connectivity index (χ2n) is 3.45. The van der Waals surface area contributed by atoms with Crippen LogP contribution < -0.4 is 10.1 Å². The van der Waals surface area contributed by atoms with Crippen molar-refractivity contribution in [1.82, 2.24) is 10.2 Å². The molecule has 0 radical (unpaired) electrons. The molecule has 0 unspecified atom stereocenters. The van der Waals surface area contributed by atoms with Crippen molar-refractivity contribution < 1.29 is 4.74 Å².